The standard InChI is InChI=1S/C22H23ClF4N2O3/c1-31-19-11-14(4-9-18(19)24)15-3-2-10-29(12-15)13-20(22(25,26)27)32-21(30)28-17-7-5-16(23)6-8-17/h4-9,11,15,20H,2-3,10,12-13H2,1H3,(H,28,30)/t15-,20?/m1/s1. The molecule has 10 heteroatoms. The summed E-state index contributed by atoms with van der Waals surface area (Å²) in [7, 11) is 1.36. The lowest BCUT2D eigenvalue weighted by Crippen LogP contribution is -2.47. The summed E-state index contributed by atoms with van der Waals surface area (Å²) in [6, 6.07) is 10.4. The zero-order valence-corrected chi connectivity index (χ0v) is 18.0. The van der Waals surface area contributed by atoms with Crippen LogP contribution in [0.15, 0.2) is 42.5 Å². The minimum Gasteiger partial charge on any atom is -0.494 e. The van der Waals surface area contributed by atoms with Gasteiger partial charge in [-0.05, 0) is 67.3 Å². The maximum absolute atomic E-state index is 13.7. The number of nitrogens with zero attached hydrogens (tertiary/aromatic N) is 1. The van der Waals surface area contributed by atoms with Crippen LogP contribution < -0.4 is 10.1 Å². The van der Waals surface area contributed by atoms with E-state index in [1.807, 2.05) is 0 Å². The maximum Gasteiger partial charge on any atom is 0.426 e. The molecule has 0 aliphatic carbocycles. The van der Waals surface area contributed by atoms with Gasteiger partial charge < -0.3 is 9.47 Å². The number of hydrogen-bond acceptors (Lipinski definition) is 4. The van der Waals surface area contributed by atoms with Crippen molar-refractivity contribution in [2.75, 3.05) is 32.1 Å². The van der Waals surface area contributed by atoms with E-state index in [0.29, 0.717) is 24.5 Å². The van der Waals surface area contributed by atoms with Gasteiger partial charge in [-0.2, -0.15) is 13.2 Å². The number of hydrogen-bond donors (Lipinski definition) is 1. The monoisotopic (exact) mass is 474 g/mol. The van der Waals surface area contributed by atoms with Gasteiger partial charge in [0.25, 0.3) is 0 Å². The Kier molecular flexibility index (Phi) is 7.84. The molecule has 1 aliphatic heterocycles. The number of amides is 1. The summed E-state index contributed by atoms with van der Waals surface area (Å²) in [6.07, 6.45) is -6.82. The van der Waals surface area contributed by atoms with Crippen molar-refractivity contribution >= 4 is 23.4 Å². The van der Waals surface area contributed by atoms with Crippen molar-refractivity contribution in [3.63, 3.8) is 0 Å². The Hall–Kier alpha value is -2.52. The predicted molar refractivity (Wildman–Crippen MR) is 113 cm³/mol. The van der Waals surface area contributed by atoms with Crippen molar-refractivity contribution in [2.24, 2.45) is 0 Å². The largest absolute Gasteiger partial charge is 0.494 e. The first-order valence-electron chi connectivity index (χ1n) is 10.0. The summed E-state index contributed by atoms with van der Waals surface area (Å²) in [5, 5.41) is 2.70. The van der Waals surface area contributed by atoms with Gasteiger partial charge in [-0.1, -0.05) is 17.7 Å². The van der Waals surface area contributed by atoms with Crippen LogP contribution in [0.25, 0.3) is 0 Å². The smallest absolute Gasteiger partial charge is 0.426 e. The Bertz CT molecular complexity index is 924. The van der Waals surface area contributed by atoms with Gasteiger partial charge in [0.05, 0.1) is 7.11 Å². The fourth-order valence-corrected chi connectivity index (χ4v) is 3.80. The van der Waals surface area contributed by atoms with E-state index in [4.69, 9.17) is 21.1 Å². The van der Waals surface area contributed by atoms with E-state index in [2.05, 4.69) is 5.32 Å². The first-order chi connectivity index (χ1) is 15.2. The molecule has 32 heavy (non-hydrogen) atoms. The van der Waals surface area contributed by atoms with Gasteiger partial charge in [-0.3, -0.25) is 10.2 Å². The number of piperidine rings is 1. The Balaban J connectivity index is 1.64. The number of rotatable bonds is 6. The van der Waals surface area contributed by atoms with Gasteiger partial charge in [0.1, 0.15) is 0 Å². The molecule has 3 rings (SSSR count). The first kappa shape index (κ1) is 24.1. The van der Waals surface area contributed by atoms with Crippen molar-refractivity contribution in [1.82, 2.24) is 4.90 Å². The molecule has 2 aromatic rings. The molecular weight excluding hydrogens is 452 g/mol. The molecule has 0 spiro atoms. The third-order valence-electron chi connectivity index (χ3n) is 5.28. The van der Waals surface area contributed by atoms with Crippen molar-refractivity contribution in [3.8, 4) is 5.75 Å². The molecule has 1 fully saturated rings. The van der Waals surface area contributed by atoms with E-state index in [9.17, 15) is 22.4 Å². The lowest BCUT2D eigenvalue weighted by atomic mass is 9.90. The molecule has 0 radical (unpaired) electrons. The number of carbonyl (C=O) groups is 1. The zero-order chi connectivity index (χ0) is 23.3. The highest BCUT2D eigenvalue weighted by Gasteiger charge is 2.44. The molecule has 0 saturated carbocycles. The highest BCUT2D eigenvalue weighted by Crippen LogP contribution is 2.32. The van der Waals surface area contributed by atoms with E-state index in [0.717, 1.165) is 12.0 Å². The molecule has 1 unspecified atom stereocenters. The average Bonchev–Trinajstić information content (AvgIpc) is 2.75. The van der Waals surface area contributed by atoms with Gasteiger partial charge in [0.15, 0.2) is 11.6 Å². The van der Waals surface area contributed by atoms with E-state index in [1.165, 1.54) is 37.4 Å². The van der Waals surface area contributed by atoms with Crippen LogP contribution >= 0.6 is 11.6 Å². The Morgan fingerprint density at radius 3 is 2.62 bits per heavy atom. The molecule has 1 N–H and O–H groups in total. The van der Waals surface area contributed by atoms with Gasteiger partial charge in [0, 0.05) is 23.8 Å². The number of benzene rings is 2. The molecule has 5 nitrogen and oxygen atoms in total. The van der Waals surface area contributed by atoms with Crippen LogP contribution in [0.4, 0.5) is 28.0 Å². The molecule has 1 amide bonds. The highest BCUT2D eigenvalue weighted by molar-refractivity contribution is 6.30. The lowest BCUT2D eigenvalue weighted by molar-refractivity contribution is -0.207. The van der Waals surface area contributed by atoms with Gasteiger partial charge in [0.2, 0.25) is 6.10 Å². The fourth-order valence-electron chi connectivity index (χ4n) is 3.68. The molecule has 2 aromatic carbocycles. The van der Waals surface area contributed by atoms with Crippen molar-refractivity contribution in [2.45, 2.75) is 31.0 Å². The van der Waals surface area contributed by atoms with Crippen LogP contribution in [0.2, 0.25) is 5.02 Å². The molecule has 174 valence electrons. The van der Waals surface area contributed by atoms with E-state index >= 15 is 0 Å². The van der Waals surface area contributed by atoms with Crippen LogP contribution in [-0.4, -0.2) is 50.0 Å². The first-order valence-corrected chi connectivity index (χ1v) is 10.4. The molecular formula is C22H23ClF4N2O3. The normalized spacial score (nSPS) is 18.1. The third kappa shape index (κ3) is 6.49. The van der Waals surface area contributed by atoms with E-state index in [-0.39, 0.29) is 17.4 Å². The maximum atomic E-state index is 13.7. The fraction of sp³-hybridized carbons (Fsp3) is 0.409. The van der Waals surface area contributed by atoms with Crippen molar-refractivity contribution in [1.29, 1.82) is 0 Å². The topological polar surface area (TPSA) is 50.8 Å². The minimum absolute atomic E-state index is 0.0879. The van der Waals surface area contributed by atoms with Crippen LogP contribution in [0, 0.1) is 5.82 Å². The van der Waals surface area contributed by atoms with Crippen LogP contribution in [0.5, 0.6) is 5.75 Å². The third-order valence-corrected chi connectivity index (χ3v) is 5.53. The summed E-state index contributed by atoms with van der Waals surface area (Å²) in [4.78, 5) is 13.7. The van der Waals surface area contributed by atoms with Gasteiger partial charge >= 0.3 is 12.3 Å². The molecule has 1 heterocycles. The summed E-state index contributed by atoms with van der Waals surface area (Å²) in [5.74, 6) is -0.494. The molecule has 0 bridgehead atoms. The van der Waals surface area contributed by atoms with Gasteiger partial charge in [-0.25, -0.2) is 9.18 Å². The lowest BCUT2D eigenvalue weighted by Gasteiger charge is -2.35. The summed E-state index contributed by atoms with van der Waals surface area (Å²) >= 11 is 5.76. The quantitative estimate of drug-likeness (QED) is 0.534. The Labute approximate surface area is 188 Å². The summed E-state index contributed by atoms with van der Waals surface area (Å²) in [6.45, 7) is 0.263. The summed E-state index contributed by atoms with van der Waals surface area (Å²) in [5.41, 5.74) is 1.06. The number of halogens is 5. The predicted octanol–water partition coefficient (Wildman–Crippen LogP) is 5.85. The minimum atomic E-state index is -4.73. The molecule has 2 atom stereocenters. The number of methoxy groups -OCH3 is 1. The number of ether oxygens (including phenoxy) is 2. The second-order valence-corrected chi connectivity index (χ2v) is 8.00. The van der Waals surface area contributed by atoms with Gasteiger partial charge in [-0.15, -0.1) is 0 Å². The second kappa shape index (κ2) is 10.4. The zero-order valence-electron chi connectivity index (χ0n) is 17.3. The highest BCUT2D eigenvalue weighted by atomic mass is 35.5. The molecule has 0 aromatic heterocycles. The van der Waals surface area contributed by atoms with E-state index in [1.54, 1.807) is 17.0 Å². The number of alkyl halides is 3. The van der Waals surface area contributed by atoms with Crippen LogP contribution in [0.3, 0.4) is 0 Å². The van der Waals surface area contributed by atoms with Crippen molar-refractivity contribution in [3.05, 3.63) is 58.9 Å². The number of nitrogens with one attached hydrogen (secondary N) is 1. The number of likely N-dealkylation sites (tertiary alicyclic amines) is 1. The van der Waals surface area contributed by atoms with Crippen LogP contribution in [-0.2, 0) is 4.74 Å². The average molecular weight is 475 g/mol. The van der Waals surface area contributed by atoms with Crippen molar-refractivity contribution < 1.29 is 31.8 Å². The van der Waals surface area contributed by atoms with Crippen LogP contribution in [0.1, 0.15) is 24.3 Å². The van der Waals surface area contributed by atoms with E-state index < -0.39 is 30.7 Å². The molecule has 1 saturated heterocycles. The SMILES string of the molecule is COc1cc([C@@H]2CCCN(CC(OC(=O)Nc3ccc(Cl)cc3)C(F)(F)F)C2)ccc1F. The Morgan fingerprint density at radius 1 is 1.25 bits per heavy atom. The molecule has 1 aliphatic rings. The number of anilines is 1. The Morgan fingerprint density at radius 2 is 1.97 bits per heavy atom. The summed E-state index contributed by atoms with van der Waals surface area (Å²) < 4.78 is 64.2. The number of carbonyl (C=O) groups excluding carboxylic acids is 1. The second-order valence-electron chi connectivity index (χ2n) is 7.56.